The number of ether oxygens (including phenoxy) is 2. The Hall–Kier alpha value is -3.60. The first-order valence-corrected chi connectivity index (χ1v) is 9.23. The minimum absolute atomic E-state index is 0.0965. The first kappa shape index (κ1) is 16.6. The smallest absolute Gasteiger partial charge is 0.274 e. The quantitative estimate of drug-likeness (QED) is 0.549. The number of hydrogen-bond donors (Lipinski definition) is 0. The van der Waals surface area contributed by atoms with E-state index < -0.39 is 0 Å². The number of benzene rings is 3. The van der Waals surface area contributed by atoms with Gasteiger partial charge in [0.05, 0.1) is 17.6 Å². The molecule has 2 heterocycles. The molecule has 28 heavy (non-hydrogen) atoms. The summed E-state index contributed by atoms with van der Waals surface area (Å²) in [5.41, 5.74) is 2.58. The molecule has 1 aliphatic heterocycles. The molecule has 5 heteroatoms. The van der Waals surface area contributed by atoms with Crippen LogP contribution in [0.2, 0.25) is 0 Å². The fourth-order valence-corrected chi connectivity index (χ4v) is 3.50. The molecule has 0 atom stereocenters. The van der Waals surface area contributed by atoms with Crippen LogP contribution in [0.15, 0.2) is 77.6 Å². The monoisotopic (exact) mass is 370 g/mol. The first-order chi connectivity index (χ1) is 13.8. The molecule has 0 fully saturated rings. The molecule has 0 unspecified atom stereocenters. The van der Waals surface area contributed by atoms with Gasteiger partial charge < -0.3 is 9.47 Å². The SMILES string of the molecule is O=c1c2ccccc2c(-c2ccc3c(c2)OCCO3)nn1Cc1ccccc1. The normalized spacial score (nSPS) is 12.9. The summed E-state index contributed by atoms with van der Waals surface area (Å²) >= 11 is 0. The summed E-state index contributed by atoms with van der Waals surface area (Å²) < 4.78 is 12.9. The summed E-state index contributed by atoms with van der Waals surface area (Å²) in [6, 6.07) is 23.2. The Morgan fingerprint density at radius 2 is 1.54 bits per heavy atom. The predicted octanol–water partition coefficient (Wildman–Crippen LogP) is 3.88. The van der Waals surface area contributed by atoms with Crippen molar-refractivity contribution in [2.45, 2.75) is 6.54 Å². The summed E-state index contributed by atoms with van der Waals surface area (Å²) in [5.74, 6) is 1.44. The Morgan fingerprint density at radius 3 is 2.36 bits per heavy atom. The van der Waals surface area contributed by atoms with Crippen molar-refractivity contribution in [1.29, 1.82) is 0 Å². The second-order valence-electron chi connectivity index (χ2n) is 6.70. The van der Waals surface area contributed by atoms with Crippen LogP contribution in [0, 0.1) is 0 Å². The van der Waals surface area contributed by atoms with E-state index in [4.69, 9.17) is 14.6 Å². The van der Waals surface area contributed by atoms with Crippen LogP contribution < -0.4 is 15.0 Å². The molecule has 0 bridgehead atoms. The summed E-state index contributed by atoms with van der Waals surface area (Å²) in [6.07, 6.45) is 0. The Balaban J connectivity index is 1.70. The highest BCUT2D eigenvalue weighted by molar-refractivity contribution is 5.94. The largest absolute Gasteiger partial charge is 0.486 e. The molecule has 1 aromatic heterocycles. The highest BCUT2D eigenvalue weighted by Crippen LogP contribution is 2.35. The van der Waals surface area contributed by atoms with Crippen molar-refractivity contribution in [3.63, 3.8) is 0 Å². The van der Waals surface area contributed by atoms with Crippen LogP contribution in [0.1, 0.15) is 5.56 Å². The molecule has 4 aromatic rings. The molecule has 1 aliphatic rings. The minimum Gasteiger partial charge on any atom is -0.486 e. The summed E-state index contributed by atoms with van der Waals surface area (Å²) in [7, 11) is 0. The van der Waals surface area contributed by atoms with E-state index in [0.29, 0.717) is 30.9 Å². The lowest BCUT2D eigenvalue weighted by atomic mass is 10.0. The average Bonchev–Trinajstić information content (AvgIpc) is 2.76. The standard InChI is InChI=1S/C23H18N2O3/c26-23-19-9-5-4-8-18(19)22(24-25(23)15-16-6-2-1-3-7-16)17-10-11-20-21(14-17)28-13-12-27-20/h1-11,14H,12-13,15H2. The lowest BCUT2D eigenvalue weighted by Gasteiger charge is -2.19. The maximum atomic E-state index is 13.0. The molecule has 0 amide bonds. The van der Waals surface area contributed by atoms with Gasteiger partial charge in [0.25, 0.3) is 5.56 Å². The van der Waals surface area contributed by atoms with E-state index in [9.17, 15) is 4.79 Å². The maximum Gasteiger partial charge on any atom is 0.274 e. The molecular weight excluding hydrogens is 352 g/mol. The first-order valence-electron chi connectivity index (χ1n) is 9.23. The Labute approximate surface area is 161 Å². The lowest BCUT2D eigenvalue weighted by molar-refractivity contribution is 0.171. The lowest BCUT2D eigenvalue weighted by Crippen LogP contribution is -2.24. The van der Waals surface area contributed by atoms with Gasteiger partial charge in [-0.25, -0.2) is 4.68 Å². The van der Waals surface area contributed by atoms with E-state index >= 15 is 0 Å². The molecule has 0 radical (unpaired) electrons. The van der Waals surface area contributed by atoms with Crippen molar-refractivity contribution in [1.82, 2.24) is 9.78 Å². The molecule has 138 valence electrons. The summed E-state index contributed by atoms with van der Waals surface area (Å²) in [4.78, 5) is 13.0. The van der Waals surface area contributed by atoms with Crippen molar-refractivity contribution in [2.24, 2.45) is 0 Å². The van der Waals surface area contributed by atoms with Gasteiger partial charge in [-0.05, 0) is 29.8 Å². The molecule has 0 N–H and O–H groups in total. The molecular formula is C23H18N2O3. The number of rotatable bonds is 3. The van der Waals surface area contributed by atoms with Crippen LogP contribution in [0.3, 0.4) is 0 Å². The fourth-order valence-electron chi connectivity index (χ4n) is 3.50. The molecule has 3 aromatic carbocycles. The van der Waals surface area contributed by atoms with Crippen LogP contribution in [-0.4, -0.2) is 23.0 Å². The van der Waals surface area contributed by atoms with E-state index in [0.717, 1.165) is 28.0 Å². The van der Waals surface area contributed by atoms with Crippen molar-refractivity contribution < 1.29 is 9.47 Å². The second kappa shape index (κ2) is 6.85. The van der Waals surface area contributed by atoms with E-state index in [1.807, 2.05) is 72.8 Å². The molecule has 0 saturated heterocycles. The molecule has 5 nitrogen and oxygen atoms in total. The van der Waals surface area contributed by atoms with Gasteiger partial charge in [0.2, 0.25) is 0 Å². The number of aromatic nitrogens is 2. The zero-order valence-electron chi connectivity index (χ0n) is 15.2. The van der Waals surface area contributed by atoms with Crippen molar-refractivity contribution in [3.05, 3.63) is 88.7 Å². The van der Waals surface area contributed by atoms with Crippen LogP contribution in [0.5, 0.6) is 11.5 Å². The second-order valence-corrected chi connectivity index (χ2v) is 6.70. The Kier molecular flexibility index (Phi) is 4.05. The van der Waals surface area contributed by atoms with E-state index in [-0.39, 0.29) is 5.56 Å². The Morgan fingerprint density at radius 1 is 0.821 bits per heavy atom. The minimum atomic E-state index is -0.0965. The van der Waals surface area contributed by atoms with Gasteiger partial charge in [-0.2, -0.15) is 5.10 Å². The third-order valence-corrected chi connectivity index (χ3v) is 4.86. The highest BCUT2D eigenvalue weighted by atomic mass is 16.6. The predicted molar refractivity (Wildman–Crippen MR) is 108 cm³/mol. The molecule has 0 aliphatic carbocycles. The maximum absolute atomic E-state index is 13.0. The van der Waals surface area contributed by atoms with Crippen molar-refractivity contribution in [2.75, 3.05) is 13.2 Å². The van der Waals surface area contributed by atoms with Crippen molar-refractivity contribution in [3.8, 4) is 22.8 Å². The summed E-state index contributed by atoms with van der Waals surface area (Å²) in [6.45, 7) is 1.50. The van der Waals surface area contributed by atoms with Gasteiger partial charge in [-0.15, -0.1) is 0 Å². The zero-order chi connectivity index (χ0) is 18.9. The van der Waals surface area contributed by atoms with Gasteiger partial charge >= 0.3 is 0 Å². The van der Waals surface area contributed by atoms with Gasteiger partial charge in [0, 0.05) is 10.9 Å². The van der Waals surface area contributed by atoms with Crippen LogP contribution in [0.25, 0.3) is 22.0 Å². The Bertz CT molecular complexity index is 1220. The van der Waals surface area contributed by atoms with Crippen LogP contribution in [0.4, 0.5) is 0 Å². The third-order valence-electron chi connectivity index (χ3n) is 4.86. The van der Waals surface area contributed by atoms with E-state index in [2.05, 4.69) is 0 Å². The summed E-state index contributed by atoms with van der Waals surface area (Å²) in [5, 5.41) is 6.20. The highest BCUT2D eigenvalue weighted by Gasteiger charge is 2.16. The average molecular weight is 370 g/mol. The van der Waals surface area contributed by atoms with E-state index in [1.54, 1.807) is 0 Å². The number of hydrogen-bond acceptors (Lipinski definition) is 4. The number of fused-ring (bicyclic) bond motifs is 2. The number of nitrogens with zero attached hydrogens (tertiary/aromatic N) is 2. The molecule has 0 saturated carbocycles. The topological polar surface area (TPSA) is 53.4 Å². The van der Waals surface area contributed by atoms with Gasteiger partial charge in [-0.1, -0.05) is 48.5 Å². The molecule has 0 spiro atoms. The zero-order valence-corrected chi connectivity index (χ0v) is 15.2. The van der Waals surface area contributed by atoms with Gasteiger partial charge in [-0.3, -0.25) is 4.79 Å². The van der Waals surface area contributed by atoms with Crippen LogP contribution >= 0.6 is 0 Å². The van der Waals surface area contributed by atoms with Crippen LogP contribution in [-0.2, 0) is 6.54 Å². The molecule has 5 rings (SSSR count). The third kappa shape index (κ3) is 2.91. The van der Waals surface area contributed by atoms with Gasteiger partial charge in [0.1, 0.15) is 13.2 Å². The van der Waals surface area contributed by atoms with E-state index in [1.165, 1.54) is 4.68 Å². The fraction of sp³-hybridized carbons (Fsp3) is 0.130. The van der Waals surface area contributed by atoms with Gasteiger partial charge in [0.15, 0.2) is 11.5 Å². The van der Waals surface area contributed by atoms with Crippen molar-refractivity contribution >= 4 is 10.8 Å².